The summed E-state index contributed by atoms with van der Waals surface area (Å²) in [6.45, 7) is 2.88. The highest BCUT2D eigenvalue weighted by Crippen LogP contribution is 2.13. The van der Waals surface area contributed by atoms with Crippen LogP contribution in [0.25, 0.3) is 0 Å². The Balaban J connectivity index is 2.57. The molecule has 0 aliphatic heterocycles. The molecule has 0 saturated carbocycles. The zero-order chi connectivity index (χ0) is 15.9. The van der Waals surface area contributed by atoms with E-state index in [4.69, 9.17) is 5.14 Å². The summed E-state index contributed by atoms with van der Waals surface area (Å²) in [6.07, 6.45) is 1.11. The second-order valence-corrected chi connectivity index (χ2v) is 8.07. The van der Waals surface area contributed by atoms with Crippen molar-refractivity contribution in [2.24, 2.45) is 5.14 Å². The number of nitrogens with two attached hydrogens (primary N) is 1. The van der Waals surface area contributed by atoms with Crippen LogP contribution in [0.3, 0.4) is 0 Å². The molecule has 0 spiro atoms. The monoisotopic (exact) mass is 335 g/mol. The predicted molar refractivity (Wildman–Crippen MR) is 83.0 cm³/mol. The Morgan fingerprint density at radius 2 is 1.67 bits per heavy atom. The normalized spacial score (nSPS) is 12.3. The van der Waals surface area contributed by atoms with Crippen molar-refractivity contribution in [3.8, 4) is 0 Å². The quantitative estimate of drug-likeness (QED) is 0.567. The van der Waals surface area contributed by atoms with Gasteiger partial charge >= 0.3 is 0 Å². The van der Waals surface area contributed by atoms with Gasteiger partial charge in [0.15, 0.2) is 0 Å². The molecule has 1 aromatic rings. The van der Waals surface area contributed by atoms with Crippen molar-refractivity contribution in [1.29, 1.82) is 0 Å². The summed E-state index contributed by atoms with van der Waals surface area (Å²) in [4.78, 5) is 0.139. The predicted octanol–water partition coefficient (Wildman–Crippen LogP) is 0.465. The molecule has 4 N–H and O–H groups in total. The van der Waals surface area contributed by atoms with Crippen LogP contribution in [0.2, 0.25) is 0 Å². The SMILES string of the molecule is CCCNc1ccc(S(=O)(=O)NCCCS(N)(=O)=O)cc1. The van der Waals surface area contributed by atoms with Gasteiger partial charge in [0.05, 0.1) is 10.6 Å². The Hall–Kier alpha value is -1.16. The summed E-state index contributed by atoms with van der Waals surface area (Å²) in [6, 6.07) is 6.38. The standard InChI is InChI=1S/C12H21N3O4S2/c1-2-8-14-11-4-6-12(7-5-11)21(18,19)15-9-3-10-20(13,16)17/h4-7,14-15H,2-3,8-10H2,1H3,(H2,13,16,17). The average Bonchev–Trinajstić information content (AvgIpc) is 2.41. The molecule has 0 bridgehead atoms. The van der Waals surface area contributed by atoms with Crippen LogP contribution in [0.1, 0.15) is 19.8 Å². The van der Waals surface area contributed by atoms with Gasteiger partial charge in [-0.2, -0.15) is 0 Å². The van der Waals surface area contributed by atoms with Gasteiger partial charge in [-0.05, 0) is 37.1 Å². The number of hydrogen-bond donors (Lipinski definition) is 3. The van der Waals surface area contributed by atoms with E-state index in [1.54, 1.807) is 12.1 Å². The summed E-state index contributed by atoms with van der Waals surface area (Å²) < 4.78 is 47.8. The Kier molecular flexibility index (Phi) is 6.59. The molecule has 0 unspecified atom stereocenters. The fourth-order valence-electron chi connectivity index (χ4n) is 1.58. The minimum absolute atomic E-state index is 0.0224. The van der Waals surface area contributed by atoms with Gasteiger partial charge in [-0.3, -0.25) is 0 Å². The van der Waals surface area contributed by atoms with Crippen LogP contribution in [0, 0.1) is 0 Å². The van der Waals surface area contributed by atoms with Crippen LogP contribution in [-0.2, 0) is 20.0 Å². The highest BCUT2D eigenvalue weighted by Gasteiger charge is 2.13. The van der Waals surface area contributed by atoms with Crippen molar-refractivity contribution in [2.45, 2.75) is 24.7 Å². The van der Waals surface area contributed by atoms with E-state index >= 15 is 0 Å². The fourth-order valence-corrected chi connectivity index (χ4v) is 3.21. The van der Waals surface area contributed by atoms with Crippen molar-refractivity contribution in [1.82, 2.24) is 4.72 Å². The van der Waals surface area contributed by atoms with Crippen LogP contribution in [0.15, 0.2) is 29.2 Å². The van der Waals surface area contributed by atoms with Crippen LogP contribution in [-0.4, -0.2) is 35.7 Å². The van der Waals surface area contributed by atoms with E-state index in [9.17, 15) is 16.8 Å². The van der Waals surface area contributed by atoms with Crippen LogP contribution in [0.4, 0.5) is 5.69 Å². The molecular weight excluding hydrogens is 314 g/mol. The van der Waals surface area contributed by atoms with E-state index in [-0.39, 0.29) is 23.6 Å². The Morgan fingerprint density at radius 3 is 2.19 bits per heavy atom. The first-order chi connectivity index (χ1) is 9.74. The first-order valence-corrected chi connectivity index (χ1v) is 9.78. The average molecular weight is 335 g/mol. The molecule has 0 aliphatic rings. The van der Waals surface area contributed by atoms with Crippen LogP contribution < -0.4 is 15.2 Å². The van der Waals surface area contributed by atoms with E-state index < -0.39 is 20.0 Å². The lowest BCUT2D eigenvalue weighted by atomic mass is 10.3. The third-order valence-electron chi connectivity index (χ3n) is 2.64. The van der Waals surface area contributed by atoms with E-state index in [1.807, 2.05) is 6.92 Å². The number of sulfonamides is 2. The minimum Gasteiger partial charge on any atom is -0.385 e. The summed E-state index contributed by atoms with van der Waals surface area (Å²) in [5, 5.41) is 7.99. The second kappa shape index (κ2) is 7.74. The zero-order valence-electron chi connectivity index (χ0n) is 11.9. The van der Waals surface area contributed by atoms with Gasteiger partial charge < -0.3 is 5.32 Å². The molecule has 0 saturated heterocycles. The molecule has 9 heteroatoms. The van der Waals surface area contributed by atoms with E-state index in [0.717, 1.165) is 18.7 Å². The lowest BCUT2D eigenvalue weighted by molar-refractivity contribution is 0.576. The highest BCUT2D eigenvalue weighted by atomic mass is 32.2. The largest absolute Gasteiger partial charge is 0.385 e. The maximum Gasteiger partial charge on any atom is 0.240 e. The molecule has 120 valence electrons. The molecule has 0 radical (unpaired) electrons. The molecule has 21 heavy (non-hydrogen) atoms. The van der Waals surface area contributed by atoms with Crippen LogP contribution in [0.5, 0.6) is 0 Å². The van der Waals surface area contributed by atoms with Gasteiger partial charge in [-0.1, -0.05) is 6.92 Å². The number of primary sulfonamides is 1. The molecule has 0 heterocycles. The summed E-state index contributed by atoms with van der Waals surface area (Å²) in [7, 11) is -7.19. The topological polar surface area (TPSA) is 118 Å². The lowest BCUT2D eigenvalue weighted by Gasteiger charge is -2.08. The Morgan fingerprint density at radius 1 is 1.05 bits per heavy atom. The number of benzene rings is 1. The summed E-state index contributed by atoms with van der Waals surface area (Å²) in [5.74, 6) is -0.255. The smallest absolute Gasteiger partial charge is 0.240 e. The van der Waals surface area contributed by atoms with E-state index in [0.29, 0.717) is 0 Å². The van der Waals surface area contributed by atoms with Crippen molar-refractivity contribution >= 4 is 25.7 Å². The Labute approximate surface area is 126 Å². The molecule has 0 aromatic heterocycles. The fraction of sp³-hybridized carbons (Fsp3) is 0.500. The van der Waals surface area contributed by atoms with Gasteiger partial charge in [-0.25, -0.2) is 26.7 Å². The molecule has 1 rings (SSSR count). The molecule has 1 aromatic carbocycles. The third-order valence-corrected chi connectivity index (χ3v) is 4.98. The van der Waals surface area contributed by atoms with E-state index in [2.05, 4.69) is 10.0 Å². The van der Waals surface area contributed by atoms with Gasteiger partial charge in [0.1, 0.15) is 0 Å². The van der Waals surface area contributed by atoms with Gasteiger partial charge in [0.2, 0.25) is 20.0 Å². The van der Waals surface area contributed by atoms with Crippen molar-refractivity contribution < 1.29 is 16.8 Å². The Bertz CT molecular complexity index is 640. The first-order valence-electron chi connectivity index (χ1n) is 6.58. The second-order valence-electron chi connectivity index (χ2n) is 4.57. The first kappa shape index (κ1) is 17.9. The molecule has 0 aliphatic carbocycles. The van der Waals surface area contributed by atoms with Gasteiger partial charge in [0, 0.05) is 18.8 Å². The third kappa shape index (κ3) is 6.89. The van der Waals surface area contributed by atoms with Crippen molar-refractivity contribution in [3.63, 3.8) is 0 Å². The summed E-state index contributed by atoms with van der Waals surface area (Å²) in [5.41, 5.74) is 0.852. The lowest BCUT2D eigenvalue weighted by Crippen LogP contribution is -2.27. The minimum atomic E-state index is -3.63. The molecule has 0 fully saturated rings. The molecule has 0 atom stereocenters. The van der Waals surface area contributed by atoms with Crippen LogP contribution >= 0.6 is 0 Å². The number of rotatable bonds is 9. The van der Waals surface area contributed by atoms with E-state index in [1.165, 1.54) is 12.1 Å². The highest BCUT2D eigenvalue weighted by molar-refractivity contribution is 7.89. The molecule has 7 nitrogen and oxygen atoms in total. The maximum absolute atomic E-state index is 12.0. The maximum atomic E-state index is 12.0. The zero-order valence-corrected chi connectivity index (χ0v) is 13.5. The number of anilines is 1. The van der Waals surface area contributed by atoms with Crippen molar-refractivity contribution in [3.05, 3.63) is 24.3 Å². The molecular formula is C12H21N3O4S2. The van der Waals surface area contributed by atoms with Crippen molar-refractivity contribution in [2.75, 3.05) is 24.2 Å². The van der Waals surface area contributed by atoms with Gasteiger partial charge in [0.25, 0.3) is 0 Å². The molecule has 0 amide bonds. The number of hydrogen-bond acceptors (Lipinski definition) is 5. The summed E-state index contributed by atoms with van der Waals surface area (Å²) >= 11 is 0. The van der Waals surface area contributed by atoms with Gasteiger partial charge in [-0.15, -0.1) is 0 Å². The number of nitrogens with one attached hydrogen (secondary N) is 2.